The van der Waals surface area contributed by atoms with Crippen molar-refractivity contribution in [2.45, 2.75) is 25.4 Å². The van der Waals surface area contributed by atoms with E-state index in [9.17, 15) is 4.79 Å². The molecule has 1 aliphatic rings. The smallest absolute Gasteiger partial charge is 0.345 e. The third-order valence-electron chi connectivity index (χ3n) is 3.05. The average Bonchev–Trinajstić information content (AvgIpc) is 3.20. The van der Waals surface area contributed by atoms with Crippen molar-refractivity contribution in [2.24, 2.45) is 0 Å². The summed E-state index contributed by atoms with van der Waals surface area (Å²) in [5.74, 6) is 0.468. The molecule has 0 bridgehead atoms. The number of rotatable bonds is 6. The number of carbonyl (C=O) groups is 1. The normalized spacial score (nSPS) is 21.4. The molecule has 1 aromatic carbocycles. The molecule has 4 nitrogen and oxygen atoms in total. The van der Waals surface area contributed by atoms with Gasteiger partial charge >= 0.3 is 5.97 Å². The molecule has 0 N–H and O–H groups in total. The van der Waals surface area contributed by atoms with E-state index in [1.807, 2.05) is 24.3 Å². The van der Waals surface area contributed by atoms with Gasteiger partial charge in [0.15, 0.2) is 0 Å². The van der Waals surface area contributed by atoms with Gasteiger partial charge < -0.3 is 14.2 Å². The molecule has 1 aliphatic heterocycles. The van der Waals surface area contributed by atoms with Crippen molar-refractivity contribution in [2.75, 3.05) is 20.3 Å². The Balaban J connectivity index is 2.03. The van der Waals surface area contributed by atoms with E-state index >= 15 is 0 Å². The van der Waals surface area contributed by atoms with Crippen LogP contribution in [0.3, 0.4) is 0 Å². The van der Waals surface area contributed by atoms with E-state index in [1.54, 1.807) is 7.11 Å². The molecule has 1 heterocycles. The Hall–Kier alpha value is -1.55. The van der Waals surface area contributed by atoms with Crippen LogP contribution in [-0.4, -0.2) is 26.3 Å². The molecule has 2 rings (SSSR count). The van der Waals surface area contributed by atoms with Gasteiger partial charge in [-0.25, -0.2) is 4.79 Å². The van der Waals surface area contributed by atoms with Crippen molar-refractivity contribution in [3.05, 3.63) is 29.8 Å². The second-order valence-electron chi connectivity index (χ2n) is 4.33. The molecule has 1 fully saturated rings. The lowest BCUT2D eigenvalue weighted by Gasteiger charge is -2.12. The first kappa shape index (κ1) is 12.9. The Bertz CT molecular complexity index is 406. The highest BCUT2D eigenvalue weighted by molar-refractivity contribution is 5.84. The summed E-state index contributed by atoms with van der Waals surface area (Å²) in [4.78, 5) is 12.0. The maximum atomic E-state index is 12.0. The van der Waals surface area contributed by atoms with Gasteiger partial charge in [0.25, 0.3) is 0 Å². The van der Waals surface area contributed by atoms with Gasteiger partial charge in [0.05, 0.1) is 20.3 Å². The average molecular weight is 250 g/mol. The first-order chi connectivity index (χ1) is 8.73. The van der Waals surface area contributed by atoms with Crippen molar-refractivity contribution in [1.82, 2.24) is 0 Å². The van der Waals surface area contributed by atoms with Crippen LogP contribution < -0.4 is 4.74 Å². The summed E-state index contributed by atoms with van der Waals surface area (Å²) >= 11 is 0. The van der Waals surface area contributed by atoms with Gasteiger partial charge in [0, 0.05) is 0 Å². The second kappa shape index (κ2) is 5.40. The number of benzene rings is 1. The highest BCUT2D eigenvalue weighted by Crippen LogP contribution is 2.40. The van der Waals surface area contributed by atoms with E-state index in [0.717, 1.165) is 24.2 Å². The number of hydrogen-bond acceptors (Lipinski definition) is 4. The molecular formula is C14H18O4. The second-order valence-corrected chi connectivity index (χ2v) is 4.33. The number of esters is 1. The molecule has 0 aliphatic carbocycles. The van der Waals surface area contributed by atoms with Crippen LogP contribution in [0, 0.1) is 0 Å². The Kier molecular flexibility index (Phi) is 3.87. The molecule has 0 saturated carbocycles. The lowest BCUT2D eigenvalue weighted by atomic mass is 10.0. The molecule has 0 spiro atoms. The number of hydrogen-bond donors (Lipinski definition) is 0. The zero-order chi connectivity index (χ0) is 13.0. The van der Waals surface area contributed by atoms with E-state index in [1.165, 1.54) is 0 Å². The fourth-order valence-electron chi connectivity index (χ4n) is 1.76. The SMILES string of the molecule is CCCCOC(=O)C1(c2ccc(OC)cc2)CO1. The molecule has 1 atom stereocenters. The van der Waals surface area contributed by atoms with Crippen LogP contribution in [0.2, 0.25) is 0 Å². The molecular weight excluding hydrogens is 232 g/mol. The minimum absolute atomic E-state index is 0.291. The quantitative estimate of drug-likeness (QED) is 0.441. The summed E-state index contributed by atoms with van der Waals surface area (Å²) in [6.45, 7) is 2.90. The standard InChI is InChI=1S/C14H18O4/c1-3-4-9-17-13(15)14(10-18-14)11-5-7-12(16-2)8-6-11/h5-8H,3-4,9-10H2,1-2H3. The van der Waals surface area contributed by atoms with Crippen LogP contribution in [0.4, 0.5) is 0 Å². The van der Waals surface area contributed by atoms with Gasteiger partial charge in [-0.3, -0.25) is 0 Å². The number of epoxide rings is 1. The Labute approximate surface area is 107 Å². The summed E-state index contributed by atoms with van der Waals surface area (Å²) in [5, 5.41) is 0. The summed E-state index contributed by atoms with van der Waals surface area (Å²) in [7, 11) is 1.61. The fourth-order valence-corrected chi connectivity index (χ4v) is 1.76. The molecule has 18 heavy (non-hydrogen) atoms. The molecule has 0 radical (unpaired) electrons. The van der Waals surface area contributed by atoms with Gasteiger partial charge in [0.2, 0.25) is 5.60 Å². The van der Waals surface area contributed by atoms with E-state index < -0.39 is 5.60 Å². The number of ether oxygens (including phenoxy) is 3. The molecule has 0 amide bonds. The molecule has 4 heteroatoms. The minimum atomic E-state index is -0.875. The maximum Gasteiger partial charge on any atom is 0.345 e. The van der Waals surface area contributed by atoms with E-state index in [0.29, 0.717) is 13.2 Å². The molecule has 98 valence electrons. The predicted octanol–water partition coefficient (Wildman–Crippen LogP) is 2.26. The van der Waals surface area contributed by atoms with Gasteiger partial charge in [-0.1, -0.05) is 25.5 Å². The summed E-state index contributed by atoms with van der Waals surface area (Å²) in [6.07, 6.45) is 1.88. The summed E-state index contributed by atoms with van der Waals surface area (Å²) < 4.78 is 15.6. The molecule has 1 unspecified atom stereocenters. The monoisotopic (exact) mass is 250 g/mol. The predicted molar refractivity (Wildman–Crippen MR) is 66.5 cm³/mol. The van der Waals surface area contributed by atoms with E-state index in [-0.39, 0.29) is 5.97 Å². The van der Waals surface area contributed by atoms with Crippen LogP contribution >= 0.6 is 0 Å². The molecule has 0 aromatic heterocycles. The number of methoxy groups -OCH3 is 1. The minimum Gasteiger partial charge on any atom is -0.497 e. The Morgan fingerprint density at radius 2 is 2.06 bits per heavy atom. The topological polar surface area (TPSA) is 48.1 Å². The van der Waals surface area contributed by atoms with Gasteiger partial charge in [0.1, 0.15) is 5.75 Å². The van der Waals surface area contributed by atoms with Crippen molar-refractivity contribution in [1.29, 1.82) is 0 Å². The zero-order valence-corrected chi connectivity index (χ0v) is 10.8. The Morgan fingerprint density at radius 3 is 2.56 bits per heavy atom. The highest BCUT2D eigenvalue weighted by Gasteiger charge is 2.55. The van der Waals surface area contributed by atoms with Crippen LogP contribution in [0.5, 0.6) is 5.75 Å². The maximum absolute atomic E-state index is 12.0. The number of carbonyl (C=O) groups excluding carboxylic acids is 1. The third kappa shape index (κ3) is 2.48. The largest absolute Gasteiger partial charge is 0.497 e. The first-order valence-electron chi connectivity index (χ1n) is 6.18. The van der Waals surface area contributed by atoms with E-state index in [2.05, 4.69) is 6.92 Å². The zero-order valence-electron chi connectivity index (χ0n) is 10.8. The molecule has 1 saturated heterocycles. The third-order valence-corrected chi connectivity index (χ3v) is 3.05. The van der Waals surface area contributed by atoms with Crippen molar-refractivity contribution >= 4 is 5.97 Å². The van der Waals surface area contributed by atoms with Crippen molar-refractivity contribution in [3.8, 4) is 5.75 Å². The molecule has 1 aromatic rings. The first-order valence-corrected chi connectivity index (χ1v) is 6.18. The summed E-state index contributed by atoms with van der Waals surface area (Å²) in [5.41, 5.74) is -0.0511. The van der Waals surface area contributed by atoms with Gasteiger partial charge in [-0.2, -0.15) is 0 Å². The van der Waals surface area contributed by atoms with Crippen LogP contribution in [0.25, 0.3) is 0 Å². The van der Waals surface area contributed by atoms with Crippen LogP contribution in [0.1, 0.15) is 25.3 Å². The van der Waals surface area contributed by atoms with Gasteiger partial charge in [-0.15, -0.1) is 0 Å². The van der Waals surface area contributed by atoms with Gasteiger partial charge in [-0.05, 0) is 24.1 Å². The number of unbranched alkanes of at least 4 members (excludes halogenated alkanes) is 1. The van der Waals surface area contributed by atoms with Crippen LogP contribution in [-0.2, 0) is 19.9 Å². The Morgan fingerprint density at radius 1 is 1.39 bits per heavy atom. The lowest BCUT2D eigenvalue weighted by Crippen LogP contribution is -2.25. The fraction of sp³-hybridized carbons (Fsp3) is 0.500. The lowest BCUT2D eigenvalue weighted by molar-refractivity contribution is -0.150. The van der Waals surface area contributed by atoms with Crippen molar-refractivity contribution < 1.29 is 19.0 Å². The van der Waals surface area contributed by atoms with E-state index in [4.69, 9.17) is 14.2 Å². The van der Waals surface area contributed by atoms with Crippen LogP contribution in [0.15, 0.2) is 24.3 Å². The summed E-state index contributed by atoms with van der Waals surface area (Å²) in [6, 6.07) is 7.32. The van der Waals surface area contributed by atoms with Crippen molar-refractivity contribution in [3.63, 3.8) is 0 Å². The highest BCUT2D eigenvalue weighted by atomic mass is 16.6.